The van der Waals surface area contributed by atoms with Gasteiger partial charge in [-0.15, -0.1) is 0 Å². The largest absolute Gasteiger partial charge is 0.493 e. The fraction of sp³-hybridized carbons (Fsp3) is 0.130. The van der Waals surface area contributed by atoms with Crippen LogP contribution in [0.25, 0.3) is 0 Å². The number of hydrogen-bond donors (Lipinski definition) is 3. The van der Waals surface area contributed by atoms with Crippen molar-refractivity contribution in [2.24, 2.45) is 0 Å². The number of anilines is 1. The third-order valence-corrected chi connectivity index (χ3v) is 5.23. The fourth-order valence-corrected chi connectivity index (χ4v) is 3.55. The van der Waals surface area contributed by atoms with E-state index in [2.05, 4.69) is 15.6 Å². The van der Waals surface area contributed by atoms with E-state index in [9.17, 15) is 19.5 Å². The molecule has 3 N–H and O–H groups in total. The van der Waals surface area contributed by atoms with Crippen molar-refractivity contribution in [3.05, 3.63) is 87.5 Å². The van der Waals surface area contributed by atoms with Crippen LogP contribution in [-0.2, 0) is 16.0 Å². The summed E-state index contributed by atoms with van der Waals surface area (Å²) in [6, 6.07) is 14.7. The van der Waals surface area contributed by atoms with Crippen LogP contribution < -0.4 is 10.6 Å². The van der Waals surface area contributed by atoms with Gasteiger partial charge in [0, 0.05) is 18.2 Å². The van der Waals surface area contributed by atoms with Gasteiger partial charge in [-0.25, -0.2) is 9.78 Å². The van der Waals surface area contributed by atoms with Crippen molar-refractivity contribution in [3.8, 4) is 5.88 Å². The van der Waals surface area contributed by atoms with Crippen molar-refractivity contribution in [3.63, 3.8) is 0 Å². The molecule has 8 nitrogen and oxygen atoms in total. The number of ether oxygens (including phenoxy) is 1. The molecule has 0 aliphatic heterocycles. The van der Waals surface area contributed by atoms with E-state index < -0.39 is 23.8 Å². The minimum Gasteiger partial charge on any atom is -0.493 e. The van der Waals surface area contributed by atoms with Crippen molar-refractivity contribution in [2.75, 3.05) is 12.4 Å². The number of pyridine rings is 1. The summed E-state index contributed by atoms with van der Waals surface area (Å²) in [5.74, 6) is -2.00. The summed E-state index contributed by atoms with van der Waals surface area (Å²) < 4.78 is 4.81. The van der Waals surface area contributed by atoms with Crippen molar-refractivity contribution in [2.45, 2.75) is 12.5 Å². The van der Waals surface area contributed by atoms with Gasteiger partial charge in [0.25, 0.3) is 11.8 Å². The highest BCUT2D eigenvalue weighted by molar-refractivity contribution is 6.39. The lowest BCUT2D eigenvalue weighted by Gasteiger charge is -2.18. The number of nitrogens with zero attached hydrogens (tertiary/aromatic N) is 1. The highest BCUT2D eigenvalue weighted by atomic mass is 35.5. The number of carbonyl (C=O) groups is 3. The number of esters is 1. The molecule has 1 aromatic heterocycles. The number of amides is 2. The number of rotatable bonds is 7. The maximum absolute atomic E-state index is 12.7. The summed E-state index contributed by atoms with van der Waals surface area (Å²) in [7, 11) is 1.22. The molecular formula is C23H19Cl2N3O5. The minimum atomic E-state index is -0.994. The average molecular weight is 488 g/mol. The molecule has 0 spiro atoms. The Morgan fingerprint density at radius 2 is 1.61 bits per heavy atom. The standard InChI is InChI=1S/C23H19Cl2N3O5/c1-33-23(32)18(28-22(31)20-15(24)4-2-5-16(20)25)12-13-8-10-14(11-9-13)26-21(30)17-6-3-7-19(29)27-17/h2-11,18H,12H2,1H3,(H,26,30)(H,27,29)(H,28,31)/t18-/m0/s1. The maximum atomic E-state index is 12.7. The van der Waals surface area contributed by atoms with Crippen LogP contribution in [0, 0.1) is 0 Å². The van der Waals surface area contributed by atoms with Crippen molar-refractivity contribution < 1.29 is 24.2 Å². The predicted octanol–water partition coefficient (Wildman–Crippen LogP) is 3.86. The summed E-state index contributed by atoms with van der Waals surface area (Å²) in [5, 5.41) is 15.0. The number of carbonyl (C=O) groups excluding carboxylic acids is 3. The monoisotopic (exact) mass is 487 g/mol. The molecule has 0 saturated carbocycles. The SMILES string of the molecule is COC(=O)[C@H](Cc1ccc(NC(=O)c2cccc(O)n2)cc1)NC(=O)c1c(Cl)cccc1Cl. The third-order valence-electron chi connectivity index (χ3n) is 4.60. The smallest absolute Gasteiger partial charge is 0.328 e. The molecule has 0 aliphatic carbocycles. The first-order valence-corrected chi connectivity index (χ1v) is 10.4. The van der Waals surface area contributed by atoms with Gasteiger partial charge in [-0.1, -0.05) is 47.5 Å². The lowest BCUT2D eigenvalue weighted by molar-refractivity contribution is -0.142. The van der Waals surface area contributed by atoms with Crippen LogP contribution in [-0.4, -0.2) is 41.0 Å². The van der Waals surface area contributed by atoms with Crippen LogP contribution in [0.3, 0.4) is 0 Å². The van der Waals surface area contributed by atoms with E-state index in [1.54, 1.807) is 30.3 Å². The minimum absolute atomic E-state index is 0.0609. The summed E-state index contributed by atoms with van der Waals surface area (Å²) in [5.41, 5.74) is 1.30. The zero-order valence-electron chi connectivity index (χ0n) is 17.3. The van der Waals surface area contributed by atoms with Gasteiger partial charge in [-0.3, -0.25) is 9.59 Å². The number of halogens is 2. The van der Waals surface area contributed by atoms with E-state index in [0.717, 1.165) is 0 Å². The predicted molar refractivity (Wildman–Crippen MR) is 124 cm³/mol. The number of aromatic nitrogens is 1. The molecule has 0 aliphatic rings. The normalized spacial score (nSPS) is 11.4. The molecule has 0 saturated heterocycles. The van der Waals surface area contributed by atoms with Gasteiger partial charge in [0.1, 0.15) is 11.7 Å². The number of aromatic hydroxyl groups is 1. The second-order valence-corrected chi connectivity index (χ2v) is 7.70. The Balaban J connectivity index is 1.70. The Bertz CT molecular complexity index is 1160. The van der Waals surface area contributed by atoms with Crippen LogP contribution in [0.1, 0.15) is 26.4 Å². The highest BCUT2D eigenvalue weighted by Crippen LogP contribution is 2.24. The first-order valence-electron chi connectivity index (χ1n) is 9.67. The molecule has 2 aromatic carbocycles. The lowest BCUT2D eigenvalue weighted by atomic mass is 10.0. The van der Waals surface area contributed by atoms with Crippen molar-refractivity contribution >= 4 is 46.7 Å². The maximum Gasteiger partial charge on any atom is 0.328 e. The van der Waals surface area contributed by atoms with Crippen LogP contribution in [0.2, 0.25) is 10.0 Å². The van der Waals surface area contributed by atoms with E-state index >= 15 is 0 Å². The average Bonchev–Trinajstić information content (AvgIpc) is 2.79. The van der Waals surface area contributed by atoms with Crippen molar-refractivity contribution in [1.82, 2.24) is 10.3 Å². The van der Waals surface area contributed by atoms with E-state index in [0.29, 0.717) is 11.3 Å². The molecule has 0 unspecified atom stereocenters. The lowest BCUT2D eigenvalue weighted by Crippen LogP contribution is -2.43. The first-order chi connectivity index (χ1) is 15.8. The van der Waals surface area contributed by atoms with Gasteiger partial charge in [0.2, 0.25) is 5.88 Å². The number of nitrogens with one attached hydrogen (secondary N) is 2. The zero-order valence-corrected chi connectivity index (χ0v) is 18.9. The zero-order chi connectivity index (χ0) is 24.0. The van der Waals surface area contributed by atoms with Gasteiger partial charge >= 0.3 is 5.97 Å². The fourth-order valence-electron chi connectivity index (χ4n) is 2.99. The van der Waals surface area contributed by atoms with Crippen LogP contribution in [0.15, 0.2) is 60.7 Å². The van der Waals surface area contributed by atoms with E-state index in [1.807, 2.05) is 0 Å². The summed E-state index contributed by atoms with van der Waals surface area (Å²) in [6.07, 6.45) is 0.128. The Hall–Kier alpha value is -3.62. The number of methoxy groups -OCH3 is 1. The molecule has 0 radical (unpaired) electrons. The topological polar surface area (TPSA) is 118 Å². The van der Waals surface area contributed by atoms with E-state index in [4.69, 9.17) is 27.9 Å². The second-order valence-electron chi connectivity index (χ2n) is 6.88. The van der Waals surface area contributed by atoms with Crippen molar-refractivity contribution in [1.29, 1.82) is 0 Å². The molecule has 1 atom stereocenters. The first kappa shape index (κ1) is 24.0. The molecular weight excluding hydrogens is 469 g/mol. The molecule has 3 aromatic rings. The van der Waals surface area contributed by atoms with Crippen LogP contribution in [0.4, 0.5) is 5.69 Å². The molecule has 0 bridgehead atoms. The highest BCUT2D eigenvalue weighted by Gasteiger charge is 2.25. The molecule has 0 fully saturated rings. The quantitative estimate of drug-likeness (QED) is 0.435. The molecule has 1 heterocycles. The van der Waals surface area contributed by atoms with Gasteiger partial charge in [0.05, 0.1) is 22.7 Å². The molecule has 33 heavy (non-hydrogen) atoms. The molecule has 10 heteroatoms. The Labute approximate surface area is 199 Å². The molecule has 3 rings (SSSR count). The number of hydrogen-bond acceptors (Lipinski definition) is 6. The Kier molecular flexibility index (Phi) is 7.87. The van der Waals surface area contributed by atoms with Gasteiger partial charge in [-0.2, -0.15) is 0 Å². The van der Waals surface area contributed by atoms with Gasteiger partial charge in [-0.05, 0) is 35.9 Å². The van der Waals surface area contributed by atoms with Gasteiger partial charge in [0.15, 0.2) is 0 Å². The number of benzene rings is 2. The third kappa shape index (κ3) is 6.21. The molecule has 170 valence electrons. The van der Waals surface area contributed by atoms with Crippen LogP contribution >= 0.6 is 23.2 Å². The Morgan fingerprint density at radius 3 is 2.21 bits per heavy atom. The van der Waals surface area contributed by atoms with E-state index in [-0.39, 0.29) is 33.6 Å². The Morgan fingerprint density at radius 1 is 0.970 bits per heavy atom. The van der Waals surface area contributed by atoms with Gasteiger partial charge < -0.3 is 20.5 Å². The summed E-state index contributed by atoms with van der Waals surface area (Å²) >= 11 is 12.2. The van der Waals surface area contributed by atoms with E-state index in [1.165, 1.54) is 37.4 Å². The summed E-state index contributed by atoms with van der Waals surface area (Å²) in [6.45, 7) is 0. The summed E-state index contributed by atoms with van der Waals surface area (Å²) in [4.78, 5) is 41.0. The van der Waals surface area contributed by atoms with Crippen LogP contribution in [0.5, 0.6) is 5.88 Å². The molecule has 2 amide bonds. The second kappa shape index (κ2) is 10.8.